The van der Waals surface area contributed by atoms with Gasteiger partial charge in [0.15, 0.2) is 0 Å². The predicted octanol–water partition coefficient (Wildman–Crippen LogP) is 2.48. The Balaban J connectivity index is 1.97. The summed E-state index contributed by atoms with van der Waals surface area (Å²) in [7, 11) is 0. The molecule has 0 bridgehead atoms. The Morgan fingerprint density at radius 2 is 2.28 bits per heavy atom. The van der Waals surface area contributed by atoms with Crippen LogP contribution in [0.25, 0.3) is 0 Å². The van der Waals surface area contributed by atoms with Gasteiger partial charge in [-0.3, -0.25) is 4.79 Å². The average Bonchev–Trinajstić information content (AvgIpc) is 2.75. The van der Waals surface area contributed by atoms with Gasteiger partial charge in [0.25, 0.3) is 5.91 Å². The highest BCUT2D eigenvalue weighted by Gasteiger charge is 2.25. The van der Waals surface area contributed by atoms with E-state index < -0.39 is 11.7 Å². The molecule has 1 fully saturated rings. The number of nitrogens with one attached hydrogen (secondary N) is 1. The van der Waals surface area contributed by atoms with Crippen LogP contribution >= 0.6 is 15.9 Å². The number of hydrogen-bond donors (Lipinski definition) is 2. The highest BCUT2D eigenvalue weighted by atomic mass is 79.9. The maximum absolute atomic E-state index is 13.5. The molecule has 0 saturated heterocycles. The SMILES string of the molecule is O=C(NCC1CCCC1O)c1cc(Br)ccc1F. The molecular weight excluding hydrogens is 301 g/mol. The van der Waals surface area contributed by atoms with Crippen LogP contribution in [0.15, 0.2) is 22.7 Å². The average molecular weight is 316 g/mol. The molecule has 5 heteroatoms. The fourth-order valence-electron chi connectivity index (χ4n) is 2.25. The number of rotatable bonds is 3. The summed E-state index contributed by atoms with van der Waals surface area (Å²) in [6.07, 6.45) is 2.32. The second-order valence-corrected chi connectivity index (χ2v) is 5.51. The Labute approximate surface area is 114 Å². The van der Waals surface area contributed by atoms with Crippen molar-refractivity contribution in [3.8, 4) is 0 Å². The van der Waals surface area contributed by atoms with Crippen LogP contribution in [-0.4, -0.2) is 23.7 Å². The number of carbonyl (C=O) groups is 1. The highest BCUT2D eigenvalue weighted by molar-refractivity contribution is 9.10. The maximum atomic E-state index is 13.5. The molecule has 2 atom stereocenters. The molecule has 1 amide bonds. The molecule has 0 aromatic heterocycles. The van der Waals surface area contributed by atoms with E-state index in [1.807, 2.05) is 0 Å². The lowest BCUT2D eigenvalue weighted by Crippen LogP contribution is -2.32. The van der Waals surface area contributed by atoms with Gasteiger partial charge in [-0.2, -0.15) is 0 Å². The van der Waals surface area contributed by atoms with Crippen molar-refractivity contribution in [3.63, 3.8) is 0 Å². The summed E-state index contributed by atoms with van der Waals surface area (Å²) in [5, 5.41) is 12.3. The smallest absolute Gasteiger partial charge is 0.254 e. The van der Waals surface area contributed by atoms with Gasteiger partial charge < -0.3 is 10.4 Å². The van der Waals surface area contributed by atoms with Crippen molar-refractivity contribution in [3.05, 3.63) is 34.1 Å². The molecule has 1 aromatic rings. The molecule has 18 heavy (non-hydrogen) atoms. The molecule has 0 heterocycles. The predicted molar refractivity (Wildman–Crippen MR) is 69.8 cm³/mol. The number of hydrogen-bond acceptors (Lipinski definition) is 2. The minimum Gasteiger partial charge on any atom is -0.393 e. The summed E-state index contributed by atoms with van der Waals surface area (Å²) in [4.78, 5) is 11.8. The first kappa shape index (κ1) is 13.5. The molecule has 1 aromatic carbocycles. The third-order valence-corrected chi connectivity index (χ3v) is 3.81. The number of benzene rings is 1. The molecule has 1 saturated carbocycles. The Hall–Kier alpha value is -0.940. The van der Waals surface area contributed by atoms with Gasteiger partial charge in [-0.15, -0.1) is 0 Å². The maximum Gasteiger partial charge on any atom is 0.254 e. The summed E-state index contributed by atoms with van der Waals surface area (Å²) < 4.78 is 14.1. The van der Waals surface area contributed by atoms with E-state index >= 15 is 0 Å². The van der Waals surface area contributed by atoms with Gasteiger partial charge in [-0.25, -0.2) is 4.39 Å². The van der Waals surface area contributed by atoms with Crippen molar-refractivity contribution < 1.29 is 14.3 Å². The third-order valence-electron chi connectivity index (χ3n) is 3.32. The quantitative estimate of drug-likeness (QED) is 0.900. The van der Waals surface area contributed by atoms with Gasteiger partial charge in [0.2, 0.25) is 0 Å². The zero-order valence-corrected chi connectivity index (χ0v) is 11.4. The van der Waals surface area contributed by atoms with Crippen molar-refractivity contribution in [1.29, 1.82) is 0 Å². The number of aliphatic hydroxyl groups excluding tert-OH is 1. The normalized spacial score (nSPS) is 23.1. The Morgan fingerprint density at radius 1 is 1.50 bits per heavy atom. The van der Waals surface area contributed by atoms with Crippen LogP contribution in [0.3, 0.4) is 0 Å². The van der Waals surface area contributed by atoms with E-state index in [2.05, 4.69) is 21.2 Å². The molecule has 1 aliphatic rings. The van der Waals surface area contributed by atoms with Crippen LogP contribution in [0, 0.1) is 11.7 Å². The monoisotopic (exact) mass is 315 g/mol. The van der Waals surface area contributed by atoms with Gasteiger partial charge in [-0.1, -0.05) is 22.4 Å². The Bertz CT molecular complexity index is 453. The van der Waals surface area contributed by atoms with Gasteiger partial charge in [-0.05, 0) is 31.0 Å². The van der Waals surface area contributed by atoms with Crippen molar-refractivity contribution >= 4 is 21.8 Å². The molecule has 98 valence electrons. The fourth-order valence-corrected chi connectivity index (χ4v) is 2.61. The van der Waals surface area contributed by atoms with Gasteiger partial charge >= 0.3 is 0 Å². The molecule has 1 aliphatic carbocycles. The van der Waals surface area contributed by atoms with Crippen molar-refractivity contribution in [1.82, 2.24) is 5.32 Å². The summed E-state index contributed by atoms with van der Waals surface area (Å²) >= 11 is 3.20. The molecular formula is C13H15BrFNO2. The second kappa shape index (κ2) is 5.80. The van der Waals surface area contributed by atoms with Gasteiger partial charge in [0.05, 0.1) is 11.7 Å². The van der Waals surface area contributed by atoms with Crippen LogP contribution in [-0.2, 0) is 0 Å². The van der Waals surface area contributed by atoms with E-state index in [1.54, 1.807) is 6.07 Å². The minimum atomic E-state index is -0.539. The van der Waals surface area contributed by atoms with Crippen LogP contribution < -0.4 is 5.32 Å². The first-order valence-corrected chi connectivity index (χ1v) is 6.78. The zero-order chi connectivity index (χ0) is 13.1. The van der Waals surface area contributed by atoms with Crippen LogP contribution in [0.2, 0.25) is 0 Å². The minimum absolute atomic E-state index is 0.0249. The molecule has 2 N–H and O–H groups in total. The van der Waals surface area contributed by atoms with Gasteiger partial charge in [0.1, 0.15) is 5.82 Å². The topological polar surface area (TPSA) is 49.3 Å². The molecule has 0 aliphatic heterocycles. The van der Waals surface area contributed by atoms with E-state index in [0.29, 0.717) is 11.0 Å². The van der Waals surface area contributed by atoms with Crippen LogP contribution in [0.1, 0.15) is 29.6 Å². The summed E-state index contributed by atoms with van der Waals surface area (Å²) in [5.41, 5.74) is 0.0249. The molecule has 0 spiro atoms. The number of aliphatic hydroxyl groups is 1. The summed E-state index contributed by atoms with van der Waals surface area (Å²) in [5.74, 6) is -0.889. The molecule has 2 rings (SSSR count). The van der Waals surface area contributed by atoms with E-state index in [9.17, 15) is 14.3 Å². The van der Waals surface area contributed by atoms with E-state index in [4.69, 9.17) is 0 Å². The third kappa shape index (κ3) is 3.09. The molecule has 0 radical (unpaired) electrons. The van der Waals surface area contributed by atoms with Crippen molar-refractivity contribution in [2.24, 2.45) is 5.92 Å². The Kier molecular flexibility index (Phi) is 4.35. The lowest BCUT2D eigenvalue weighted by molar-refractivity contribution is 0.0913. The van der Waals surface area contributed by atoms with Crippen molar-refractivity contribution in [2.75, 3.05) is 6.54 Å². The molecule has 3 nitrogen and oxygen atoms in total. The highest BCUT2D eigenvalue weighted by Crippen LogP contribution is 2.24. The number of amides is 1. The fraction of sp³-hybridized carbons (Fsp3) is 0.462. The van der Waals surface area contributed by atoms with E-state index in [-0.39, 0.29) is 17.6 Å². The van der Waals surface area contributed by atoms with Crippen molar-refractivity contribution in [2.45, 2.75) is 25.4 Å². The van der Waals surface area contributed by atoms with E-state index in [1.165, 1.54) is 12.1 Å². The summed E-state index contributed by atoms with van der Waals surface area (Å²) in [6.45, 7) is 0.395. The number of carbonyl (C=O) groups excluding carboxylic acids is 1. The van der Waals surface area contributed by atoms with Crippen LogP contribution in [0.4, 0.5) is 4.39 Å². The molecule has 2 unspecified atom stereocenters. The lowest BCUT2D eigenvalue weighted by Gasteiger charge is -2.15. The summed E-state index contributed by atoms with van der Waals surface area (Å²) in [6, 6.07) is 4.26. The first-order chi connectivity index (χ1) is 8.58. The second-order valence-electron chi connectivity index (χ2n) is 4.59. The Morgan fingerprint density at radius 3 is 2.94 bits per heavy atom. The van der Waals surface area contributed by atoms with Crippen LogP contribution in [0.5, 0.6) is 0 Å². The lowest BCUT2D eigenvalue weighted by atomic mass is 10.1. The number of halogens is 2. The van der Waals surface area contributed by atoms with Gasteiger partial charge in [0, 0.05) is 16.9 Å². The zero-order valence-electron chi connectivity index (χ0n) is 9.83. The van der Waals surface area contributed by atoms with E-state index in [0.717, 1.165) is 19.3 Å². The first-order valence-electron chi connectivity index (χ1n) is 5.99. The largest absolute Gasteiger partial charge is 0.393 e. The standard InChI is InChI=1S/C13H15BrFNO2/c14-9-4-5-11(15)10(6-9)13(18)16-7-8-2-1-3-12(8)17/h4-6,8,12,17H,1-3,7H2,(H,16,18).